The van der Waals surface area contributed by atoms with E-state index in [0.29, 0.717) is 17.8 Å². The second kappa shape index (κ2) is 3.46. The maximum atomic E-state index is 11.7. The zero-order valence-electron chi connectivity index (χ0n) is 7.68. The molecule has 0 radical (unpaired) electrons. The van der Waals surface area contributed by atoms with Crippen LogP contribution in [0.2, 0.25) is 0 Å². The van der Waals surface area contributed by atoms with Crippen LogP contribution in [0.4, 0.5) is 0 Å². The van der Waals surface area contributed by atoms with Crippen LogP contribution in [-0.2, 0) is 6.42 Å². The van der Waals surface area contributed by atoms with Gasteiger partial charge in [0.1, 0.15) is 5.52 Å². The molecule has 3 nitrogen and oxygen atoms in total. The highest BCUT2D eigenvalue weighted by Crippen LogP contribution is 2.07. The topological polar surface area (TPSA) is 39.8 Å². The molecule has 70 valence electrons. The van der Waals surface area contributed by atoms with E-state index in [9.17, 15) is 5.21 Å². The first kappa shape index (κ1) is 8.69. The van der Waals surface area contributed by atoms with E-state index in [1.54, 1.807) is 18.3 Å². The molecule has 0 bridgehead atoms. The first-order valence-corrected chi connectivity index (χ1v) is 4.40. The highest BCUT2D eigenvalue weighted by Gasteiger charge is 2.08. The molecule has 0 saturated heterocycles. The normalized spacial score (nSPS) is 10.3. The molecule has 14 heavy (non-hydrogen) atoms. The number of allylic oxidation sites excluding steroid dienone is 1. The van der Waals surface area contributed by atoms with Gasteiger partial charge in [0.25, 0.3) is 0 Å². The third-order valence-electron chi connectivity index (χ3n) is 2.07. The lowest BCUT2D eigenvalue weighted by molar-refractivity contribution is -0.589. The highest BCUT2D eigenvalue weighted by molar-refractivity contribution is 5.74. The summed E-state index contributed by atoms with van der Waals surface area (Å²) in [6.45, 7) is 3.58. The second-order valence-electron chi connectivity index (χ2n) is 3.02. The van der Waals surface area contributed by atoms with Crippen LogP contribution in [0.5, 0.6) is 0 Å². The zero-order valence-corrected chi connectivity index (χ0v) is 7.68. The van der Waals surface area contributed by atoms with Gasteiger partial charge < -0.3 is 5.21 Å². The number of hydrogen-bond acceptors (Lipinski definition) is 2. The van der Waals surface area contributed by atoms with Crippen molar-refractivity contribution in [2.24, 2.45) is 0 Å². The van der Waals surface area contributed by atoms with Crippen molar-refractivity contribution < 1.29 is 4.73 Å². The van der Waals surface area contributed by atoms with Gasteiger partial charge in [0.05, 0.1) is 11.8 Å². The van der Waals surface area contributed by atoms with Crippen LogP contribution in [0.25, 0.3) is 10.9 Å². The monoisotopic (exact) mass is 186 g/mol. The average Bonchev–Trinajstić information content (AvgIpc) is 2.23. The molecule has 0 amide bonds. The standard InChI is InChI=1S/C11H10N2O/c1-2-5-11-12-8-9-6-3-4-7-10(9)13(11)14/h2-4,6-8H,1,5H2. The minimum atomic E-state index is 0.485. The number of nitrogens with zero attached hydrogens (tertiary/aromatic N) is 2. The van der Waals surface area contributed by atoms with Gasteiger partial charge >= 0.3 is 5.82 Å². The summed E-state index contributed by atoms with van der Waals surface area (Å²) < 4.78 is 0.858. The molecular formula is C11H10N2O. The first-order chi connectivity index (χ1) is 6.83. The smallest absolute Gasteiger partial charge is 0.305 e. The fourth-order valence-electron chi connectivity index (χ4n) is 1.38. The summed E-state index contributed by atoms with van der Waals surface area (Å²) in [6.07, 6.45) is 3.88. The van der Waals surface area contributed by atoms with Crippen molar-refractivity contribution in [1.29, 1.82) is 0 Å². The lowest BCUT2D eigenvalue weighted by Crippen LogP contribution is -2.33. The van der Waals surface area contributed by atoms with Crippen molar-refractivity contribution in [2.75, 3.05) is 0 Å². The summed E-state index contributed by atoms with van der Waals surface area (Å²) in [7, 11) is 0. The molecule has 1 aromatic carbocycles. The third-order valence-corrected chi connectivity index (χ3v) is 2.07. The van der Waals surface area contributed by atoms with Crippen LogP contribution in [-0.4, -0.2) is 4.98 Å². The zero-order chi connectivity index (χ0) is 9.97. The Bertz CT molecular complexity index is 480. The molecule has 0 aliphatic rings. The molecule has 2 rings (SSSR count). The lowest BCUT2D eigenvalue weighted by Gasteiger charge is -2.07. The SMILES string of the molecule is C=CCc1ncc2ccccc2[n+]1[O-]. The molecule has 1 heterocycles. The van der Waals surface area contributed by atoms with Crippen molar-refractivity contribution in [3.8, 4) is 0 Å². The minimum absolute atomic E-state index is 0.485. The van der Waals surface area contributed by atoms with Crippen LogP contribution >= 0.6 is 0 Å². The fraction of sp³-hybridized carbons (Fsp3) is 0.0909. The van der Waals surface area contributed by atoms with Crippen LogP contribution in [0.15, 0.2) is 43.1 Å². The minimum Gasteiger partial charge on any atom is -0.710 e. The molecular weight excluding hydrogens is 176 g/mol. The van der Waals surface area contributed by atoms with Crippen molar-refractivity contribution in [3.05, 3.63) is 54.1 Å². The van der Waals surface area contributed by atoms with Gasteiger partial charge in [0, 0.05) is 0 Å². The molecule has 0 aliphatic heterocycles. The summed E-state index contributed by atoms with van der Waals surface area (Å²) in [5.74, 6) is 0.485. The maximum absolute atomic E-state index is 11.7. The Balaban J connectivity index is 2.68. The van der Waals surface area contributed by atoms with Gasteiger partial charge in [-0.1, -0.05) is 23.2 Å². The summed E-state index contributed by atoms with van der Waals surface area (Å²) in [5, 5.41) is 12.6. The summed E-state index contributed by atoms with van der Waals surface area (Å²) in [5.41, 5.74) is 0.652. The van der Waals surface area contributed by atoms with Gasteiger partial charge in [0.2, 0.25) is 0 Å². The Kier molecular flexibility index (Phi) is 2.14. The summed E-state index contributed by atoms with van der Waals surface area (Å²) in [6, 6.07) is 7.39. The summed E-state index contributed by atoms with van der Waals surface area (Å²) in [4.78, 5) is 4.08. The maximum Gasteiger partial charge on any atom is 0.305 e. The summed E-state index contributed by atoms with van der Waals surface area (Å²) >= 11 is 0. The predicted molar refractivity (Wildman–Crippen MR) is 54.6 cm³/mol. The number of rotatable bonds is 2. The molecule has 2 aromatic rings. The molecule has 0 unspecified atom stereocenters. The van der Waals surface area contributed by atoms with E-state index >= 15 is 0 Å². The van der Waals surface area contributed by atoms with Gasteiger partial charge in [0.15, 0.2) is 6.20 Å². The molecule has 1 aromatic heterocycles. The van der Waals surface area contributed by atoms with Crippen molar-refractivity contribution >= 4 is 10.9 Å². The molecule has 0 aliphatic carbocycles. The molecule has 0 fully saturated rings. The number of hydrogen-bond donors (Lipinski definition) is 0. The third kappa shape index (κ3) is 1.33. The molecule has 0 spiro atoms. The second-order valence-corrected chi connectivity index (χ2v) is 3.02. The Hall–Kier alpha value is -1.90. The van der Waals surface area contributed by atoms with Crippen molar-refractivity contribution in [2.45, 2.75) is 6.42 Å². The fourth-order valence-corrected chi connectivity index (χ4v) is 1.38. The molecule has 0 saturated carbocycles. The van der Waals surface area contributed by atoms with Gasteiger partial charge in [-0.3, -0.25) is 0 Å². The largest absolute Gasteiger partial charge is 0.710 e. The van der Waals surface area contributed by atoms with Gasteiger partial charge in [-0.15, -0.1) is 6.58 Å². The van der Waals surface area contributed by atoms with Gasteiger partial charge in [-0.25, -0.2) is 4.73 Å². The Labute approximate surface area is 81.9 Å². The van der Waals surface area contributed by atoms with E-state index in [1.807, 2.05) is 18.2 Å². The van der Waals surface area contributed by atoms with Gasteiger partial charge in [-0.05, 0) is 12.1 Å². The van der Waals surface area contributed by atoms with Crippen LogP contribution in [0, 0.1) is 5.21 Å². The van der Waals surface area contributed by atoms with Crippen LogP contribution in [0.3, 0.4) is 0 Å². The van der Waals surface area contributed by atoms with Crippen LogP contribution in [0.1, 0.15) is 5.82 Å². The van der Waals surface area contributed by atoms with E-state index in [2.05, 4.69) is 11.6 Å². The predicted octanol–water partition coefficient (Wildman–Crippen LogP) is 1.60. The van der Waals surface area contributed by atoms with E-state index in [0.717, 1.165) is 10.1 Å². The Morgan fingerprint density at radius 1 is 1.43 bits per heavy atom. The highest BCUT2D eigenvalue weighted by atomic mass is 16.5. The number of para-hydroxylation sites is 1. The van der Waals surface area contributed by atoms with Crippen molar-refractivity contribution in [1.82, 2.24) is 4.98 Å². The molecule has 3 heteroatoms. The lowest BCUT2D eigenvalue weighted by atomic mass is 10.2. The van der Waals surface area contributed by atoms with E-state index in [1.165, 1.54) is 0 Å². The van der Waals surface area contributed by atoms with E-state index in [4.69, 9.17) is 0 Å². The van der Waals surface area contributed by atoms with Gasteiger partial charge in [-0.2, -0.15) is 0 Å². The van der Waals surface area contributed by atoms with E-state index in [-0.39, 0.29) is 0 Å². The van der Waals surface area contributed by atoms with Crippen molar-refractivity contribution in [3.63, 3.8) is 0 Å². The Morgan fingerprint density at radius 2 is 2.21 bits per heavy atom. The first-order valence-electron chi connectivity index (χ1n) is 4.40. The number of benzene rings is 1. The Morgan fingerprint density at radius 3 is 3.00 bits per heavy atom. The quantitative estimate of drug-likeness (QED) is 0.406. The molecule has 0 atom stereocenters. The molecule has 0 N–H and O–H groups in total. The number of aromatic nitrogens is 2. The number of fused-ring (bicyclic) bond motifs is 1. The van der Waals surface area contributed by atoms with E-state index < -0.39 is 0 Å². The average molecular weight is 186 g/mol. The van der Waals surface area contributed by atoms with Crippen LogP contribution < -0.4 is 4.73 Å².